The molecule has 5 nitrogen and oxygen atoms in total. The number of hydrogen-bond donors (Lipinski definition) is 1. The van der Waals surface area contributed by atoms with Crippen LogP contribution in [0.15, 0.2) is 23.1 Å². The Hall–Kier alpha value is -1.18. The molecule has 0 bridgehead atoms. The molecule has 0 radical (unpaired) electrons. The molecule has 7 heteroatoms. The van der Waals surface area contributed by atoms with Gasteiger partial charge in [0, 0.05) is 19.6 Å². The van der Waals surface area contributed by atoms with Crippen LogP contribution >= 0.6 is 0 Å². The van der Waals surface area contributed by atoms with Crippen molar-refractivity contribution in [3.8, 4) is 0 Å². The molecule has 0 atom stereocenters. The highest BCUT2D eigenvalue weighted by atomic mass is 32.2. The van der Waals surface area contributed by atoms with E-state index < -0.39 is 15.7 Å². The van der Waals surface area contributed by atoms with Gasteiger partial charge in [0.05, 0.1) is 29.5 Å². The van der Waals surface area contributed by atoms with Gasteiger partial charge < -0.3 is 10.5 Å². The predicted molar refractivity (Wildman–Crippen MR) is 70.1 cm³/mol. The van der Waals surface area contributed by atoms with Crippen molar-refractivity contribution in [1.29, 1.82) is 0 Å². The lowest BCUT2D eigenvalue weighted by Gasteiger charge is -2.26. The minimum atomic E-state index is -3.48. The third kappa shape index (κ3) is 3.65. The van der Waals surface area contributed by atoms with Crippen LogP contribution in [0.5, 0.6) is 0 Å². The molecule has 0 aliphatic carbocycles. The largest absolute Gasteiger partial charge is 0.398 e. The molecule has 1 aliphatic heterocycles. The van der Waals surface area contributed by atoms with Gasteiger partial charge in [0.15, 0.2) is 9.84 Å². The monoisotopic (exact) mass is 288 g/mol. The van der Waals surface area contributed by atoms with Crippen LogP contribution in [0.2, 0.25) is 0 Å². The van der Waals surface area contributed by atoms with Gasteiger partial charge in [-0.25, -0.2) is 12.8 Å². The van der Waals surface area contributed by atoms with Crippen LogP contribution in [0.1, 0.15) is 0 Å². The van der Waals surface area contributed by atoms with E-state index in [1.807, 2.05) is 4.90 Å². The standard InChI is InChI=1S/C12H17FN2O3S/c13-10-1-2-12(11(14)9-10)19(16,17)8-5-15-3-6-18-7-4-15/h1-2,9H,3-8,14H2. The summed E-state index contributed by atoms with van der Waals surface area (Å²) in [5.74, 6) is -0.562. The van der Waals surface area contributed by atoms with E-state index >= 15 is 0 Å². The number of nitrogen functional groups attached to an aromatic ring is 1. The Kier molecular flexibility index (Phi) is 4.38. The molecule has 1 aromatic rings. The summed E-state index contributed by atoms with van der Waals surface area (Å²) in [6, 6.07) is 3.36. The number of morpholine rings is 1. The number of nitrogens with two attached hydrogens (primary N) is 1. The second kappa shape index (κ2) is 5.85. The molecule has 2 N–H and O–H groups in total. The number of halogens is 1. The first-order valence-corrected chi connectivity index (χ1v) is 7.72. The fourth-order valence-corrected chi connectivity index (χ4v) is 3.40. The molecule has 0 amide bonds. The summed E-state index contributed by atoms with van der Waals surface area (Å²) < 4.78 is 42.4. The van der Waals surface area contributed by atoms with Crippen molar-refractivity contribution in [2.45, 2.75) is 4.90 Å². The molecule has 1 saturated heterocycles. The molecule has 19 heavy (non-hydrogen) atoms. The molecular weight excluding hydrogens is 271 g/mol. The fourth-order valence-electron chi connectivity index (χ4n) is 1.99. The topological polar surface area (TPSA) is 72.6 Å². The maximum absolute atomic E-state index is 12.9. The van der Waals surface area contributed by atoms with Crippen molar-refractivity contribution in [2.75, 3.05) is 44.3 Å². The number of benzene rings is 1. The average Bonchev–Trinajstić information content (AvgIpc) is 2.37. The second-order valence-corrected chi connectivity index (χ2v) is 6.53. The highest BCUT2D eigenvalue weighted by Crippen LogP contribution is 2.20. The highest BCUT2D eigenvalue weighted by Gasteiger charge is 2.20. The van der Waals surface area contributed by atoms with Crippen molar-refractivity contribution in [3.63, 3.8) is 0 Å². The van der Waals surface area contributed by atoms with Crippen LogP contribution in [-0.4, -0.2) is 51.9 Å². The molecular formula is C12H17FN2O3S. The van der Waals surface area contributed by atoms with E-state index in [1.165, 1.54) is 6.07 Å². The molecule has 0 unspecified atom stereocenters. The van der Waals surface area contributed by atoms with Gasteiger partial charge >= 0.3 is 0 Å². The van der Waals surface area contributed by atoms with Crippen molar-refractivity contribution in [1.82, 2.24) is 4.90 Å². The third-order valence-electron chi connectivity index (χ3n) is 3.09. The lowest BCUT2D eigenvalue weighted by molar-refractivity contribution is 0.0408. The lowest BCUT2D eigenvalue weighted by atomic mass is 10.3. The first-order chi connectivity index (χ1) is 8.99. The second-order valence-electron chi connectivity index (χ2n) is 4.46. The van der Waals surface area contributed by atoms with E-state index in [0.29, 0.717) is 19.8 Å². The summed E-state index contributed by atoms with van der Waals surface area (Å²) in [6.07, 6.45) is 0. The number of rotatable bonds is 4. The predicted octanol–water partition coefficient (Wildman–Crippen LogP) is 0.514. The summed E-state index contributed by atoms with van der Waals surface area (Å²) in [5, 5.41) is 0. The zero-order chi connectivity index (χ0) is 13.9. The zero-order valence-electron chi connectivity index (χ0n) is 10.5. The van der Waals surface area contributed by atoms with Crippen LogP contribution in [0.3, 0.4) is 0 Å². The number of ether oxygens (including phenoxy) is 1. The first kappa shape index (κ1) is 14.2. The first-order valence-electron chi connectivity index (χ1n) is 6.07. The fraction of sp³-hybridized carbons (Fsp3) is 0.500. The maximum atomic E-state index is 12.9. The van der Waals surface area contributed by atoms with E-state index in [4.69, 9.17) is 10.5 Å². The quantitative estimate of drug-likeness (QED) is 0.646. The SMILES string of the molecule is Nc1cc(F)ccc1S(=O)(=O)CCN1CCOCC1. The minimum Gasteiger partial charge on any atom is -0.398 e. The van der Waals surface area contributed by atoms with Gasteiger partial charge in [-0.2, -0.15) is 0 Å². The average molecular weight is 288 g/mol. The number of anilines is 1. The molecule has 1 fully saturated rings. The minimum absolute atomic E-state index is 0.00200. The zero-order valence-corrected chi connectivity index (χ0v) is 11.3. The molecule has 1 aliphatic rings. The van der Waals surface area contributed by atoms with Crippen molar-refractivity contribution < 1.29 is 17.5 Å². The number of sulfone groups is 1. The summed E-state index contributed by atoms with van der Waals surface area (Å²) in [4.78, 5) is 2.03. The maximum Gasteiger partial charge on any atom is 0.181 e. The van der Waals surface area contributed by atoms with Gasteiger partial charge in [0.2, 0.25) is 0 Å². The van der Waals surface area contributed by atoms with E-state index in [9.17, 15) is 12.8 Å². The van der Waals surface area contributed by atoms with E-state index in [0.717, 1.165) is 25.2 Å². The summed E-state index contributed by atoms with van der Waals surface area (Å²) in [6.45, 7) is 3.14. The van der Waals surface area contributed by atoms with Gasteiger partial charge in [0.1, 0.15) is 5.82 Å². The Bertz CT molecular complexity index is 542. The van der Waals surface area contributed by atoms with Crippen LogP contribution in [-0.2, 0) is 14.6 Å². The Balaban J connectivity index is 2.05. The van der Waals surface area contributed by atoms with Crippen LogP contribution in [0.4, 0.5) is 10.1 Å². The number of nitrogens with zero attached hydrogens (tertiary/aromatic N) is 1. The molecule has 106 valence electrons. The van der Waals surface area contributed by atoms with Crippen molar-refractivity contribution in [2.24, 2.45) is 0 Å². The lowest BCUT2D eigenvalue weighted by Crippen LogP contribution is -2.39. The summed E-state index contributed by atoms with van der Waals surface area (Å²) in [7, 11) is -3.48. The highest BCUT2D eigenvalue weighted by molar-refractivity contribution is 7.91. The summed E-state index contributed by atoms with van der Waals surface area (Å²) >= 11 is 0. The molecule has 0 saturated carbocycles. The molecule has 0 spiro atoms. The number of hydrogen-bond acceptors (Lipinski definition) is 5. The molecule has 1 heterocycles. The Morgan fingerprint density at radius 1 is 1.32 bits per heavy atom. The van der Waals surface area contributed by atoms with E-state index in [1.54, 1.807) is 0 Å². The molecule has 2 rings (SSSR count). The van der Waals surface area contributed by atoms with Gasteiger partial charge in [0.25, 0.3) is 0 Å². The van der Waals surface area contributed by atoms with E-state index in [-0.39, 0.29) is 16.3 Å². The Morgan fingerprint density at radius 3 is 2.63 bits per heavy atom. The Morgan fingerprint density at radius 2 is 2.00 bits per heavy atom. The van der Waals surface area contributed by atoms with Crippen molar-refractivity contribution >= 4 is 15.5 Å². The van der Waals surface area contributed by atoms with Gasteiger partial charge in [-0.1, -0.05) is 0 Å². The van der Waals surface area contributed by atoms with Gasteiger partial charge in [-0.05, 0) is 18.2 Å². The van der Waals surface area contributed by atoms with Gasteiger partial charge in [-0.3, -0.25) is 4.90 Å². The summed E-state index contributed by atoms with van der Waals surface area (Å²) in [5.41, 5.74) is 5.52. The van der Waals surface area contributed by atoms with Crippen LogP contribution < -0.4 is 5.73 Å². The molecule has 1 aromatic carbocycles. The van der Waals surface area contributed by atoms with Gasteiger partial charge in [-0.15, -0.1) is 0 Å². The van der Waals surface area contributed by atoms with E-state index in [2.05, 4.69) is 0 Å². The van der Waals surface area contributed by atoms with Crippen molar-refractivity contribution in [3.05, 3.63) is 24.0 Å². The molecule has 0 aromatic heterocycles. The van der Waals surface area contributed by atoms with Crippen LogP contribution in [0.25, 0.3) is 0 Å². The Labute approximate surface area is 112 Å². The van der Waals surface area contributed by atoms with Crippen LogP contribution in [0, 0.1) is 5.82 Å². The normalized spacial score (nSPS) is 17.5. The third-order valence-corrected chi connectivity index (χ3v) is 4.85. The smallest absolute Gasteiger partial charge is 0.181 e.